The van der Waals surface area contributed by atoms with Crippen LogP contribution in [0.1, 0.15) is 37.9 Å². The second-order valence-electron chi connectivity index (χ2n) is 6.80. The molecule has 2 aromatic rings. The fraction of sp³-hybridized carbons (Fsp3) is 0.316. The molecule has 150 valence electrons. The molecule has 0 saturated carbocycles. The van der Waals surface area contributed by atoms with Gasteiger partial charge in [-0.3, -0.25) is 10.7 Å². The Hall–Kier alpha value is -3.20. The Balaban J connectivity index is 2.13. The Labute approximate surface area is 162 Å². The Morgan fingerprint density at radius 3 is 2.54 bits per heavy atom. The monoisotopic (exact) mass is 388 g/mol. The first-order chi connectivity index (χ1) is 13.1. The summed E-state index contributed by atoms with van der Waals surface area (Å²) < 4.78 is 13.2. The molecule has 9 heteroatoms. The highest BCUT2D eigenvalue weighted by molar-refractivity contribution is 6.01. The van der Waals surface area contributed by atoms with Crippen molar-refractivity contribution in [2.24, 2.45) is 0 Å². The molecule has 1 unspecified atom stereocenters. The highest BCUT2D eigenvalue weighted by atomic mass is 19.1. The number of benzene rings is 1. The molecule has 0 aliphatic carbocycles. The molecular formula is C19H25FN6O2. The van der Waals surface area contributed by atoms with Crippen molar-refractivity contribution in [1.82, 2.24) is 15.6 Å². The number of aromatic nitrogens is 1. The number of nitrogens with zero attached hydrogens (tertiary/aromatic N) is 1. The van der Waals surface area contributed by atoms with Crippen LogP contribution in [-0.2, 0) is 0 Å². The first-order valence-electron chi connectivity index (χ1n) is 8.75. The fourth-order valence-corrected chi connectivity index (χ4v) is 2.63. The van der Waals surface area contributed by atoms with E-state index in [0.717, 1.165) is 0 Å². The minimum atomic E-state index is -1.30. The first kappa shape index (κ1) is 21.1. The molecule has 8 nitrogen and oxygen atoms in total. The minimum Gasteiger partial charge on any atom is -0.398 e. The molecule has 0 fully saturated rings. The molecule has 2 amide bonds. The van der Waals surface area contributed by atoms with Crippen LogP contribution in [0, 0.1) is 11.2 Å². The average Bonchev–Trinajstić information content (AvgIpc) is 2.60. The zero-order valence-corrected chi connectivity index (χ0v) is 16.0. The number of hydrogen-bond donors (Lipinski definition) is 6. The lowest BCUT2D eigenvalue weighted by molar-refractivity contribution is 0.0415. The van der Waals surface area contributed by atoms with Crippen LogP contribution in [-0.4, -0.2) is 34.1 Å². The summed E-state index contributed by atoms with van der Waals surface area (Å²) in [5.41, 5.74) is 5.89. The lowest BCUT2D eigenvalue weighted by atomic mass is 9.92. The molecule has 2 rings (SSSR count). The van der Waals surface area contributed by atoms with Gasteiger partial charge in [0.1, 0.15) is 17.5 Å². The predicted octanol–water partition coefficient (Wildman–Crippen LogP) is 2.37. The van der Waals surface area contributed by atoms with E-state index in [2.05, 4.69) is 20.9 Å². The highest BCUT2D eigenvalue weighted by Crippen LogP contribution is 2.26. The topological polar surface area (TPSA) is 136 Å². The zero-order chi connectivity index (χ0) is 20.9. The number of halogens is 1. The lowest BCUT2D eigenvalue weighted by Gasteiger charge is -2.30. The van der Waals surface area contributed by atoms with Gasteiger partial charge in [0.15, 0.2) is 0 Å². The molecular weight excluding hydrogens is 363 g/mol. The summed E-state index contributed by atoms with van der Waals surface area (Å²) in [4.78, 5) is 16.5. The van der Waals surface area contributed by atoms with Gasteiger partial charge in [0.25, 0.3) is 0 Å². The van der Waals surface area contributed by atoms with Crippen molar-refractivity contribution in [2.75, 3.05) is 17.6 Å². The van der Waals surface area contributed by atoms with Crippen LogP contribution in [0.3, 0.4) is 0 Å². The van der Waals surface area contributed by atoms with Gasteiger partial charge in [-0.15, -0.1) is 0 Å². The van der Waals surface area contributed by atoms with Crippen molar-refractivity contribution in [3.63, 3.8) is 0 Å². The van der Waals surface area contributed by atoms with E-state index in [1.807, 2.05) is 6.92 Å². The third kappa shape index (κ3) is 5.40. The Kier molecular flexibility index (Phi) is 6.53. The summed E-state index contributed by atoms with van der Waals surface area (Å²) in [7, 11) is 0. The largest absolute Gasteiger partial charge is 0.398 e. The molecule has 7 N–H and O–H groups in total. The van der Waals surface area contributed by atoms with E-state index in [4.69, 9.17) is 11.1 Å². The molecule has 1 aromatic heterocycles. The maximum atomic E-state index is 13.2. The predicted molar refractivity (Wildman–Crippen MR) is 107 cm³/mol. The number of anilines is 2. The summed E-state index contributed by atoms with van der Waals surface area (Å²) in [6.45, 7) is 5.51. The summed E-state index contributed by atoms with van der Waals surface area (Å²) in [5.74, 6) is -0.0795. The van der Waals surface area contributed by atoms with Crippen LogP contribution < -0.4 is 21.7 Å². The van der Waals surface area contributed by atoms with E-state index in [0.29, 0.717) is 17.7 Å². The van der Waals surface area contributed by atoms with Gasteiger partial charge < -0.3 is 21.5 Å². The Morgan fingerprint density at radius 1 is 1.36 bits per heavy atom. The van der Waals surface area contributed by atoms with E-state index < -0.39 is 23.5 Å². The highest BCUT2D eigenvalue weighted by Gasteiger charge is 2.30. The number of amidine groups is 1. The molecule has 0 bridgehead atoms. The van der Waals surface area contributed by atoms with Crippen molar-refractivity contribution < 1.29 is 14.3 Å². The number of urea groups is 1. The summed E-state index contributed by atoms with van der Waals surface area (Å²) >= 11 is 0. The molecule has 28 heavy (non-hydrogen) atoms. The second-order valence-corrected chi connectivity index (χ2v) is 6.80. The smallest absolute Gasteiger partial charge is 0.320 e. The van der Waals surface area contributed by atoms with Gasteiger partial charge in [-0.25, -0.2) is 14.2 Å². The lowest BCUT2D eigenvalue weighted by Crippen LogP contribution is -2.44. The minimum absolute atomic E-state index is 0.141. The first-order valence-corrected chi connectivity index (χ1v) is 8.75. The number of rotatable bonds is 6. The summed E-state index contributed by atoms with van der Waals surface area (Å²) in [6.07, 6.45) is 1.39. The fourth-order valence-electron chi connectivity index (χ4n) is 2.63. The van der Waals surface area contributed by atoms with E-state index in [1.165, 1.54) is 36.5 Å². The van der Waals surface area contributed by atoms with E-state index in [9.17, 15) is 14.3 Å². The Bertz CT molecular complexity index is 848. The van der Waals surface area contributed by atoms with Gasteiger partial charge in [0.2, 0.25) is 0 Å². The van der Waals surface area contributed by atoms with Crippen molar-refractivity contribution in [2.45, 2.75) is 32.4 Å². The van der Waals surface area contributed by atoms with Crippen molar-refractivity contribution in [3.8, 4) is 0 Å². The van der Waals surface area contributed by atoms with Crippen LogP contribution in [0.25, 0.3) is 0 Å². The molecule has 1 heterocycles. The molecule has 0 aliphatic heterocycles. The van der Waals surface area contributed by atoms with E-state index in [-0.39, 0.29) is 17.3 Å². The Morgan fingerprint density at radius 2 is 2.00 bits per heavy atom. The standard InChI is InChI=1S/C19H25FN6O2/c1-4-23-17(22)13-10-24-15(9-14(13)21)25-18(27)26-16(19(2,3)28)11-5-7-12(20)8-6-11/h5-10,16,28H,4H2,1-3H3,(H2,22,23)(H4,21,24,25,26,27). The number of pyridine rings is 1. The molecule has 0 saturated heterocycles. The van der Waals surface area contributed by atoms with Crippen LogP contribution in [0.5, 0.6) is 0 Å². The van der Waals surface area contributed by atoms with Crippen LogP contribution >= 0.6 is 0 Å². The van der Waals surface area contributed by atoms with Crippen LogP contribution in [0.4, 0.5) is 20.7 Å². The van der Waals surface area contributed by atoms with Crippen molar-refractivity contribution in [3.05, 3.63) is 53.5 Å². The molecule has 0 spiro atoms. The van der Waals surface area contributed by atoms with Gasteiger partial charge in [0, 0.05) is 24.5 Å². The van der Waals surface area contributed by atoms with Crippen LogP contribution in [0.15, 0.2) is 36.5 Å². The third-order valence-electron chi connectivity index (χ3n) is 3.99. The van der Waals surface area contributed by atoms with Gasteiger partial charge in [-0.1, -0.05) is 12.1 Å². The molecule has 1 aromatic carbocycles. The van der Waals surface area contributed by atoms with Gasteiger partial charge in [-0.2, -0.15) is 0 Å². The van der Waals surface area contributed by atoms with Crippen molar-refractivity contribution >= 4 is 23.4 Å². The number of carbonyl (C=O) groups excluding carboxylic acids is 1. The summed E-state index contributed by atoms with van der Waals surface area (Å²) in [5, 5.41) is 26.3. The van der Waals surface area contributed by atoms with E-state index >= 15 is 0 Å². The zero-order valence-electron chi connectivity index (χ0n) is 16.0. The maximum absolute atomic E-state index is 13.2. The van der Waals surface area contributed by atoms with Gasteiger partial charge in [0.05, 0.1) is 17.2 Å². The number of amides is 2. The van der Waals surface area contributed by atoms with Crippen LogP contribution in [0.2, 0.25) is 0 Å². The third-order valence-corrected chi connectivity index (χ3v) is 3.99. The molecule has 0 radical (unpaired) electrons. The number of nitrogens with one attached hydrogen (secondary N) is 4. The van der Waals surface area contributed by atoms with Gasteiger partial charge >= 0.3 is 6.03 Å². The number of carbonyl (C=O) groups is 1. The number of hydrogen-bond acceptors (Lipinski definition) is 5. The van der Waals surface area contributed by atoms with E-state index in [1.54, 1.807) is 13.8 Å². The van der Waals surface area contributed by atoms with Gasteiger partial charge in [-0.05, 0) is 38.5 Å². The molecule has 1 atom stereocenters. The number of nitrogen functional groups attached to an aromatic ring is 1. The van der Waals surface area contributed by atoms with Crippen molar-refractivity contribution in [1.29, 1.82) is 5.41 Å². The SMILES string of the molecule is CCNC(=N)c1cnc(NC(=O)NC(c2ccc(F)cc2)C(C)(C)O)cc1N. The second kappa shape index (κ2) is 8.66. The number of aliphatic hydroxyl groups is 1. The maximum Gasteiger partial charge on any atom is 0.320 e. The normalized spacial score (nSPS) is 12.2. The number of nitrogens with two attached hydrogens (primary N) is 1. The summed E-state index contributed by atoms with van der Waals surface area (Å²) in [6, 6.07) is 5.55. The quantitative estimate of drug-likeness (QED) is 0.333. The molecule has 0 aliphatic rings. The average molecular weight is 388 g/mol.